The molecule has 0 radical (unpaired) electrons. The van der Waals surface area contributed by atoms with Gasteiger partial charge in [0.1, 0.15) is 0 Å². The van der Waals surface area contributed by atoms with Crippen LogP contribution >= 0.6 is 22.6 Å². The first kappa shape index (κ1) is 18.2. The predicted molar refractivity (Wildman–Crippen MR) is 112 cm³/mol. The molecule has 0 aliphatic carbocycles. The number of piperidine rings is 1. The van der Waals surface area contributed by atoms with Crippen molar-refractivity contribution in [2.24, 2.45) is 0 Å². The second kappa shape index (κ2) is 7.80. The summed E-state index contributed by atoms with van der Waals surface area (Å²) in [5.74, 6) is 1.38. The average molecular weight is 473 g/mol. The highest BCUT2D eigenvalue weighted by molar-refractivity contribution is 14.1. The molecule has 1 aromatic heterocycles. The van der Waals surface area contributed by atoms with E-state index in [9.17, 15) is 4.79 Å². The van der Waals surface area contributed by atoms with E-state index in [4.69, 9.17) is 4.52 Å². The first-order chi connectivity index (χ1) is 13.1. The molecule has 1 saturated heterocycles. The Hall–Kier alpha value is -2.22. The highest BCUT2D eigenvalue weighted by Crippen LogP contribution is 2.29. The fourth-order valence-electron chi connectivity index (χ4n) is 3.48. The van der Waals surface area contributed by atoms with E-state index in [1.165, 1.54) is 0 Å². The van der Waals surface area contributed by atoms with Gasteiger partial charge in [-0.15, -0.1) is 0 Å². The highest BCUT2D eigenvalue weighted by atomic mass is 127. The van der Waals surface area contributed by atoms with Crippen LogP contribution in [0, 0.1) is 10.5 Å². The Kier molecular flexibility index (Phi) is 5.24. The SMILES string of the molecule is Cc1c(I)cccc1C(=O)N1CCC[C@H](c2nc(-c3ccccc3)no2)C1. The molecule has 4 rings (SSSR count). The van der Waals surface area contributed by atoms with E-state index in [0.717, 1.165) is 39.6 Å². The summed E-state index contributed by atoms with van der Waals surface area (Å²) in [6.07, 6.45) is 1.88. The van der Waals surface area contributed by atoms with Crippen LogP contribution in [0.5, 0.6) is 0 Å². The summed E-state index contributed by atoms with van der Waals surface area (Å²) in [5.41, 5.74) is 2.75. The van der Waals surface area contributed by atoms with Crippen molar-refractivity contribution in [3.8, 4) is 11.4 Å². The van der Waals surface area contributed by atoms with Gasteiger partial charge in [-0.1, -0.05) is 41.6 Å². The van der Waals surface area contributed by atoms with Crippen molar-refractivity contribution < 1.29 is 9.32 Å². The Bertz CT molecular complexity index is 955. The summed E-state index contributed by atoms with van der Waals surface area (Å²) in [6.45, 7) is 3.38. The fraction of sp³-hybridized carbons (Fsp3) is 0.286. The van der Waals surface area contributed by atoms with Crippen molar-refractivity contribution in [3.05, 3.63) is 69.1 Å². The normalized spacial score (nSPS) is 17.1. The molecule has 27 heavy (non-hydrogen) atoms. The number of hydrogen-bond acceptors (Lipinski definition) is 4. The summed E-state index contributed by atoms with van der Waals surface area (Å²) >= 11 is 2.27. The number of halogens is 1. The smallest absolute Gasteiger partial charge is 0.254 e. The minimum Gasteiger partial charge on any atom is -0.339 e. The number of aromatic nitrogens is 2. The minimum absolute atomic E-state index is 0.0794. The number of rotatable bonds is 3. The minimum atomic E-state index is 0.0794. The molecule has 0 saturated carbocycles. The van der Waals surface area contributed by atoms with Crippen LogP contribution < -0.4 is 0 Å². The topological polar surface area (TPSA) is 59.2 Å². The first-order valence-electron chi connectivity index (χ1n) is 9.07. The van der Waals surface area contributed by atoms with Gasteiger partial charge in [0.2, 0.25) is 11.7 Å². The summed E-state index contributed by atoms with van der Waals surface area (Å²) in [6, 6.07) is 15.7. The molecule has 138 valence electrons. The number of nitrogens with zero attached hydrogens (tertiary/aromatic N) is 3. The third-order valence-corrected chi connectivity index (χ3v) is 6.20. The summed E-state index contributed by atoms with van der Waals surface area (Å²) < 4.78 is 6.64. The van der Waals surface area contributed by atoms with Crippen molar-refractivity contribution in [2.75, 3.05) is 13.1 Å². The predicted octanol–water partition coefficient (Wildman–Crippen LogP) is 4.67. The van der Waals surface area contributed by atoms with E-state index in [1.54, 1.807) is 0 Å². The molecule has 2 heterocycles. The van der Waals surface area contributed by atoms with Crippen molar-refractivity contribution in [2.45, 2.75) is 25.7 Å². The fourth-order valence-corrected chi connectivity index (χ4v) is 3.98. The Labute approximate surface area is 171 Å². The second-order valence-electron chi connectivity index (χ2n) is 6.82. The van der Waals surface area contributed by atoms with Gasteiger partial charge >= 0.3 is 0 Å². The Morgan fingerprint density at radius 3 is 2.81 bits per heavy atom. The molecular formula is C21H20IN3O2. The lowest BCUT2D eigenvalue weighted by atomic mass is 9.96. The van der Waals surface area contributed by atoms with Crippen LogP contribution in [0.4, 0.5) is 0 Å². The van der Waals surface area contributed by atoms with E-state index in [2.05, 4.69) is 32.7 Å². The van der Waals surface area contributed by atoms with E-state index in [-0.39, 0.29) is 11.8 Å². The van der Waals surface area contributed by atoms with E-state index >= 15 is 0 Å². The zero-order valence-corrected chi connectivity index (χ0v) is 17.2. The van der Waals surface area contributed by atoms with E-state index < -0.39 is 0 Å². The van der Waals surface area contributed by atoms with Crippen LogP contribution in [0.25, 0.3) is 11.4 Å². The molecule has 0 N–H and O–H groups in total. The van der Waals surface area contributed by atoms with Gasteiger partial charge in [-0.2, -0.15) is 4.98 Å². The molecule has 0 unspecified atom stereocenters. The van der Waals surface area contributed by atoms with Crippen LogP contribution in [0.3, 0.4) is 0 Å². The molecule has 1 amide bonds. The van der Waals surface area contributed by atoms with Crippen molar-refractivity contribution in [1.82, 2.24) is 15.0 Å². The highest BCUT2D eigenvalue weighted by Gasteiger charge is 2.29. The molecule has 1 fully saturated rings. The zero-order chi connectivity index (χ0) is 18.8. The van der Waals surface area contributed by atoms with E-state index in [1.807, 2.05) is 60.4 Å². The Morgan fingerprint density at radius 1 is 1.19 bits per heavy atom. The maximum Gasteiger partial charge on any atom is 0.254 e. The number of carbonyl (C=O) groups is 1. The first-order valence-corrected chi connectivity index (χ1v) is 10.1. The van der Waals surface area contributed by atoms with Gasteiger partial charge in [0.15, 0.2) is 0 Å². The lowest BCUT2D eigenvalue weighted by molar-refractivity contribution is 0.0695. The van der Waals surface area contributed by atoms with Gasteiger partial charge in [0.25, 0.3) is 5.91 Å². The molecule has 0 spiro atoms. The zero-order valence-electron chi connectivity index (χ0n) is 15.1. The largest absolute Gasteiger partial charge is 0.339 e. The summed E-state index contributed by atoms with van der Waals surface area (Å²) in [4.78, 5) is 19.5. The molecule has 6 heteroatoms. The molecule has 1 atom stereocenters. The van der Waals surface area contributed by atoms with Gasteiger partial charge in [0, 0.05) is 27.8 Å². The van der Waals surface area contributed by atoms with Crippen LogP contribution in [-0.2, 0) is 0 Å². The second-order valence-corrected chi connectivity index (χ2v) is 7.99. The average Bonchev–Trinajstić information content (AvgIpc) is 3.21. The van der Waals surface area contributed by atoms with Crippen molar-refractivity contribution >= 4 is 28.5 Å². The standard InChI is InChI=1S/C21H20IN3O2/c1-14-17(10-5-11-18(14)22)21(26)25-12-6-9-16(13-25)20-23-19(24-27-20)15-7-3-2-4-8-15/h2-5,7-8,10-11,16H,6,9,12-13H2,1H3/t16-/m0/s1. The third-order valence-electron chi connectivity index (χ3n) is 5.03. The number of amides is 1. The van der Waals surface area contributed by atoms with Crippen LogP contribution in [0.2, 0.25) is 0 Å². The van der Waals surface area contributed by atoms with Crippen molar-refractivity contribution in [1.29, 1.82) is 0 Å². The van der Waals surface area contributed by atoms with Crippen LogP contribution in [0.1, 0.15) is 40.6 Å². The van der Waals surface area contributed by atoms with Crippen LogP contribution in [-0.4, -0.2) is 34.0 Å². The third kappa shape index (κ3) is 3.76. The monoisotopic (exact) mass is 473 g/mol. The molecule has 0 bridgehead atoms. The lowest BCUT2D eigenvalue weighted by Gasteiger charge is -2.31. The van der Waals surface area contributed by atoms with Gasteiger partial charge in [0.05, 0.1) is 5.92 Å². The maximum absolute atomic E-state index is 13.0. The number of hydrogen-bond donors (Lipinski definition) is 0. The number of benzene rings is 2. The number of carbonyl (C=O) groups excluding carboxylic acids is 1. The van der Waals surface area contributed by atoms with E-state index in [0.29, 0.717) is 18.3 Å². The molecule has 5 nitrogen and oxygen atoms in total. The number of likely N-dealkylation sites (tertiary alicyclic amines) is 1. The van der Waals surface area contributed by atoms with Gasteiger partial charge < -0.3 is 9.42 Å². The lowest BCUT2D eigenvalue weighted by Crippen LogP contribution is -2.39. The van der Waals surface area contributed by atoms with Crippen molar-refractivity contribution in [3.63, 3.8) is 0 Å². The van der Waals surface area contributed by atoms with Gasteiger partial charge in [-0.05, 0) is 60.1 Å². The molecule has 1 aliphatic rings. The van der Waals surface area contributed by atoms with Crippen LogP contribution in [0.15, 0.2) is 53.1 Å². The Morgan fingerprint density at radius 2 is 2.00 bits per heavy atom. The summed E-state index contributed by atoms with van der Waals surface area (Å²) in [7, 11) is 0. The summed E-state index contributed by atoms with van der Waals surface area (Å²) in [5, 5.41) is 4.12. The molecule has 1 aliphatic heterocycles. The van der Waals surface area contributed by atoms with Gasteiger partial charge in [-0.25, -0.2) is 0 Å². The Balaban J connectivity index is 1.52. The molecule has 3 aromatic rings. The molecular weight excluding hydrogens is 453 g/mol. The molecule has 2 aromatic carbocycles. The maximum atomic E-state index is 13.0. The quantitative estimate of drug-likeness (QED) is 0.519. The van der Waals surface area contributed by atoms with Gasteiger partial charge in [-0.3, -0.25) is 4.79 Å².